The van der Waals surface area contributed by atoms with Gasteiger partial charge >= 0.3 is 0 Å². The van der Waals surface area contributed by atoms with Crippen LogP contribution in [-0.2, 0) is 0 Å². The van der Waals surface area contributed by atoms with Gasteiger partial charge in [0.2, 0.25) is 0 Å². The van der Waals surface area contributed by atoms with Gasteiger partial charge in [0, 0.05) is 30.7 Å². The lowest BCUT2D eigenvalue weighted by Gasteiger charge is -2.18. The molecule has 0 saturated carbocycles. The predicted molar refractivity (Wildman–Crippen MR) is 80.2 cm³/mol. The first-order valence-electron chi connectivity index (χ1n) is 7.20. The number of aromatic nitrogens is 3. The maximum atomic E-state index is 12.2. The van der Waals surface area contributed by atoms with Crippen LogP contribution in [0.25, 0.3) is 5.82 Å². The Labute approximate surface area is 123 Å². The minimum atomic E-state index is -0.0479. The Bertz CT molecular complexity index is 633. The molecule has 21 heavy (non-hydrogen) atoms. The summed E-state index contributed by atoms with van der Waals surface area (Å²) in [6.45, 7) is 0.728. The number of pyridine rings is 1. The van der Waals surface area contributed by atoms with Crippen molar-refractivity contribution in [1.82, 2.24) is 19.9 Å². The highest BCUT2D eigenvalue weighted by Gasteiger charge is 2.13. The molecule has 0 spiro atoms. The second kappa shape index (κ2) is 6.35. The van der Waals surface area contributed by atoms with Crippen LogP contribution in [0.3, 0.4) is 0 Å². The number of hydrogen-bond acceptors (Lipinski definition) is 3. The average Bonchev–Trinajstić information content (AvgIpc) is 3.08. The quantitative estimate of drug-likeness (QED) is 0.876. The zero-order chi connectivity index (χ0) is 14.5. The van der Waals surface area contributed by atoms with Crippen molar-refractivity contribution >= 4 is 5.91 Å². The lowest BCUT2D eigenvalue weighted by atomic mass is 9.94. The molecule has 0 radical (unpaired) electrons. The van der Waals surface area contributed by atoms with Crippen molar-refractivity contribution in [3.63, 3.8) is 0 Å². The van der Waals surface area contributed by atoms with Gasteiger partial charge in [-0.25, -0.2) is 9.97 Å². The molecule has 0 fully saturated rings. The van der Waals surface area contributed by atoms with Gasteiger partial charge in [-0.15, -0.1) is 0 Å². The number of carbonyl (C=O) groups is 1. The fourth-order valence-corrected chi connectivity index (χ4v) is 2.48. The van der Waals surface area contributed by atoms with E-state index in [0.29, 0.717) is 17.3 Å². The van der Waals surface area contributed by atoms with E-state index >= 15 is 0 Å². The first-order valence-corrected chi connectivity index (χ1v) is 7.20. The third-order valence-electron chi connectivity index (χ3n) is 3.71. The summed E-state index contributed by atoms with van der Waals surface area (Å²) in [4.78, 5) is 20.5. The van der Waals surface area contributed by atoms with Crippen molar-refractivity contribution in [2.45, 2.75) is 19.3 Å². The molecule has 1 aliphatic carbocycles. The number of rotatable bonds is 4. The molecule has 3 rings (SSSR count). The Morgan fingerprint density at radius 1 is 1.38 bits per heavy atom. The van der Waals surface area contributed by atoms with E-state index in [1.807, 2.05) is 0 Å². The van der Waals surface area contributed by atoms with Crippen LogP contribution in [-0.4, -0.2) is 27.0 Å². The highest BCUT2D eigenvalue weighted by molar-refractivity contribution is 5.94. The Morgan fingerprint density at radius 2 is 2.33 bits per heavy atom. The zero-order valence-corrected chi connectivity index (χ0v) is 11.8. The standard InChI is InChI=1S/C16H18N4O/c21-16(19-11-13-4-2-1-3-5-13)14-6-7-18-15(10-14)20-9-8-17-12-20/h1-2,6-10,12-13H,3-5,11H2,(H,19,21)/t13-/m0/s1. The molecule has 0 bridgehead atoms. The second-order valence-electron chi connectivity index (χ2n) is 5.23. The molecule has 0 aromatic carbocycles. The summed E-state index contributed by atoms with van der Waals surface area (Å²) < 4.78 is 1.78. The number of nitrogens with zero attached hydrogens (tertiary/aromatic N) is 3. The van der Waals surface area contributed by atoms with Gasteiger partial charge in [0.25, 0.3) is 5.91 Å². The smallest absolute Gasteiger partial charge is 0.251 e. The molecule has 0 saturated heterocycles. The Hall–Kier alpha value is -2.43. The first-order chi connectivity index (χ1) is 10.3. The summed E-state index contributed by atoms with van der Waals surface area (Å²) in [6, 6.07) is 3.51. The van der Waals surface area contributed by atoms with Crippen LogP contribution in [0.5, 0.6) is 0 Å². The molecule has 1 amide bonds. The Morgan fingerprint density at radius 3 is 3.10 bits per heavy atom. The first kappa shape index (κ1) is 13.5. The van der Waals surface area contributed by atoms with Crippen LogP contribution in [0.2, 0.25) is 0 Å². The van der Waals surface area contributed by atoms with Crippen molar-refractivity contribution in [2.75, 3.05) is 6.54 Å². The van der Waals surface area contributed by atoms with Gasteiger partial charge in [-0.2, -0.15) is 0 Å². The van der Waals surface area contributed by atoms with E-state index in [-0.39, 0.29) is 5.91 Å². The van der Waals surface area contributed by atoms with E-state index in [1.165, 1.54) is 0 Å². The Kier molecular flexibility index (Phi) is 4.09. The normalized spacial score (nSPS) is 17.6. The molecule has 5 nitrogen and oxygen atoms in total. The number of imidazole rings is 1. The van der Waals surface area contributed by atoms with E-state index in [9.17, 15) is 4.79 Å². The lowest BCUT2D eigenvalue weighted by molar-refractivity contribution is 0.0946. The molecular formula is C16H18N4O. The summed E-state index contributed by atoms with van der Waals surface area (Å²) in [6.07, 6.45) is 14.5. The van der Waals surface area contributed by atoms with E-state index < -0.39 is 0 Å². The molecule has 1 atom stereocenters. The largest absolute Gasteiger partial charge is 0.352 e. The van der Waals surface area contributed by atoms with Crippen molar-refractivity contribution in [3.8, 4) is 5.82 Å². The minimum Gasteiger partial charge on any atom is -0.352 e. The predicted octanol–water partition coefficient (Wildman–Crippen LogP) is 2.35. The number of allylic oxidation sites excluding steroid dienone is 2. The third-order valence-corrected chi connectivity index (χ3v) is 3.71. The molecule has 1 aliphatic rings. The van der Waals surface area contributed by atoms with E-state index in [2.05, 4.69) is 27.4 Å². The van der Waals surface area contributed by atoms with Gasteiger partial charge in [0.15, 0.2) is 0 Å². The van der Waals surface area contributed by atoms with E-state index in [1.54, 1.807) is 41.6 Å². The maximum absolute atomic E-state index is 12.2. The van der Waals surface area contributed by atoms with E-state index in [4.69, 9.17) is 0 Å². The fraction of sp³-hybridized carbons (Fsp3) is 0.312. The van der Waals surface area contributed by atoms with Crippen molar-refractivity contribution in [3.05, 3.63) is 54.8 Å². The van der Waals surface area contributed by atoms with Gasteiger partial charge in [-0.3, -0.25) is 9.36 Å². The third kappa shape index (κ3) is 3.37. The molecular weight excluding hydrogens is 264 g/mol. The summed E-state index contributed by atoms with van der Waals surface area (Å²) in [5, 5.41) is 3.02. The van der Waals surface area contributed by atoms with Crippen LogP contribution in [0.1, 0.15) is 29.6 Å². The van der Waals surface area contributed by atoms with Crippen molar-refractivity contribution in [1.29, 1.82) is 0 Å². The van der Waals surface area contributed by atoms with Gasteiger partial charge in [0.05, 0.1) is 0 Å². The lowest BCUT2D eigenvalue weighted by Crippen LogP contribution is -2.29. The molecule has 108 valence electrons. The van der Waals surface area contributed by atoms with Crippen molar-refractivity contribution < 1.29 is 4.79 Å². The zero-order valence-electron chi connectivity index (χ0n) is 11.8. The van der Waals surface area contributed by atoms with Crippen LogP contribution in [0, 0.1) is 5.92 Å². The molecule has 1 N–H and O–H groups in total. The second-order valence-corrected chi connectivity index (χ2v) is 5.23. The Balaban J connectivity index is 1.64. The number of amides is 1. The van der Waals surface area contributed by atoms with Crippen molar-refractivity contribution in [2.24, 2.45) is 5.92 Å². The number of hydrogen-bond donors (Lipinski definition) is 1. The van der Waals surface area contributed by atoms with Crippen LogP contribution in [0.15, 0.2) is 49.2 Å². The molecule has 0 aliphatic heterocycles. The van der Waals surface area contributed by atoms with Crippen LogP contribution < -0.4 is 5.32 Å². The molecule has 2 aromatic rings. The SMILES string of the molecule is O=C(NC[C@H]1CC=CCC1)c1ccnc(-n2ccnc2)c1. The summed E-state index contributed by atoms with van der Waals surface area (Å²) in [5.41, 5.74) is 0.625. The minimum absolute atomic E-state index is 0.0479. The summed E-state index contributed by atoms with van der Waals surface area (Å²) >= 11 is 0. The molecule has 2 heterocycles. The molecule has 5 heteroatoms. The topological polar surface area (TPSA) is 59.8 Å². The number of nitrogens with one attached hydrogen (secondary N) is 1. The molecule has 2 aromatic heterocycles. The average molecular weight is 282 g/mol. The maximum Gasteiger partial charge on any atom is 0.251 e. The van der Waals surface area contributed by atoms with Gasteiger partial charge < -0.3 is 5.32 Å². The summed E-state index contributed by atoms with van der Waals surface area (Å²) in [5.74, 6) is 1.20. The summed E-state index contributed by atoms with van der Waals surface area (Å²) in [7, 11) is 0. The molecule has 0 unspecified atom stereocenters. The fourth-order valence-electron chi connectivity index (χ4n) is 2.48. The van der Waals surface area contributed by atoms with Gasteiger partial charge in [-0.1, -0.05) is 12.2 Å². The van der Waals surface area contributed by atoms with E-state index in [0.717, 1.165) is 25.8 Å². The van der Waals surface area contributed by atoms with Crippen LogP contribution in [0.4, 0.5) is 0 Å². The monoisotopic (exact) mass is 282 g/mol. The highest BCUT2D eigenvalue weighted by atomic mass is 16.1. The number of carbonyl (C=O) groups excluding carboxylic acids is 1. The van der Waals surface area contributed by atoms with Crippen LogP contribution >= 0.6 is 0 Å². The van der Waals surface area contributed by atoms with Gasteiger partial charge in [-0.05, 0) is 37.3 Å². The highest BCUT2D eigenvalue weighted by Crippen LogP contribution is 2.17. The van der Waals surface area contributed by atoms with Gasteiger partial charge in [0.1, 0.15) is 12.1 Å².